The van der Waals surface area contributed by atoms with E-state index >= 15 is 0 Å². The van der Waals surface area contributed by atoms with E-state index in [0.717, 1.165) is 38.8 Å². The zero-order chi connectivity index (χ0) is 20.9. The van der Waals surface area contributed by atoms with Crippen LogP contribution in [0.5, 0.6) is 5.75 Å². The molecule has 1 aliphatic rings. The number of carbonyl (C=O) groups excluding carboxylic acids is 1. The zero-order valence-corrected chi connectivity index (χ0v) is 16.5. The molecule has 1 aliphatic heterocycles. The molecule has 8 nitrogen and oxygen atoms in total. The van der Waals surface area contributed by atoms with E-state index in [1.807, 2.05) is 6.07 Å². The van der Waals surface area contributed by atoms with Crippen LogP contribution in [0.15, 0.2) is 58.6 Å². The van der Waals surface area contributed by atoms with Gasteiger partial charge in [0.25, 0.3) is 11.5 Å². The molecule has 154 valence electrons. The summed E-state index contributed by atoms with van der Waals surface area (Å²) in [6.45, 7) is 1.64. The molecule has 0 atom stereocenters. The normalized spacial score (nSPS) is 14.7. The molecular weight excluding hydrogens is 382 g/mol. The summed E-state index contributed by atoms with van der Waals surface area (Å²) < 4.78 is 1.47. The lowest BCUT2D eigenvalue weighted by molar-refractivity contribution is 0.0952. The lowest BCUT2D eigenvalue weighted by Gasteiger charge is -2.23. The number of anilines is 1. The number of nitrogens with zero attached hydrogens (tertiary/aromatic N) is 4. The second-order valence-corrected chi connectivity index (χ2v) is 7.20. The minimum Gasteiger partial charge on any atom is -0.507 e. The first-order valence-corrected chi connectivity index (χ1v) is 10.0. The van der Waals surface area contributed by atoms with Crippen molar-refractivity contribution in [1.82, 2.24) is 14.8 Å². The van der Waals surface area contributed by atoms with Crippen LogP contribution in [-0.4, -0.2) is 39.7 Å². The number of aromatic hydroxyl groups is 1. The summed E-state index contributed by atoms with van der Waals surface area (Å²) >= 11 is 0. The predicted octanol–water partition coefficient (Wildman–Crippen LogP) is 2.54. The maximum atomic E-state index is 13.1. The van der Waals surface area contributed by atoms with E-state index in [0.29, 0.717) is 17.0 Å². The number of amides is 1. The highest BCUT2D eigenvalue weighted by atomic mass is 16.3. The van der Waals surface area contributed by atoms with E-state index < -0.39 is 5.91 Å². The van der Waals surface area contributed by atoms with Crippen LogP contribution in [0.1, 0.15) is 41.6 Å². The number of aromatic nitrogens is 2. The van der Waals surface area contributed by atoms with Crippen molar-refractivity contribution in [3.8, 4) is 5.75 Å². The maximum Gasteiger partial charge on any atom is 0.275 e. The average molecular weight is 405 g/mol. The van der Waals surface area contributed by atoms with E-state index in [4.69, 9.17) is 4.98 Å². The Kier molecular flexibility index (Phi) is 5.74. The molecule has 0 bridgehead atoms. The molecule has 3 aromatic rings. The quantitative estimate of drug-likeness (QED) is 0.513. The van der Waals surface area contributed by atoms with Gasteiger partial charge in [-0.3, -0.25) is 14.0 Å². The van der Waals surface area contributed by atoms with Crippen molar-refractivity contribution in [2.45, 2.75) is 25.7 Å². The molecule has 0 unspecified atom stereocenters. The van der Waals surface area contributed by atoms with Gasteiger partial charge in [0.1, 0.15) is 22.8 Å². The SMILES string of the molecule is O=C(NN=Cc1c(N2CCCCCC2)nc2ccccn2c1=O)c1ccccc1O. The Hall–Kier alpha value is -3.68. The van der Waals surface area contributed by atoms with Crippen LogP contribution in [0.3, 0.4) is 0 Å². The molecular formula is C22H23N5O3. The van der Waals surface area contributed by atoms with Crippen molar-refractivity contribution in [3.05, 3.63) is 70.1 Å². The van der Waals surface area contributed by atoms with E-state index in [2.05, 4.69) is 15.4 Å². The molecule has 4 rings (SSSR count). The van der Waals surface area contributed by atoms with E-state index in [-0.39, 0.29) is 16.9 Å². The fraction of sp³-hybridized carbons (Fsp3) is 0.273. The van der Waals surface area contributed by atoms with Crippen molar-refractivity contribution in [2.75, 3.05) is 18.0 Å². The highest BCUT2D eigenvalue weighted by molar-refractivity contribution is 5.97. The summed E-state index contributed by atoms with van der Waals surface area (Å²) in [4.78, 5) is 32.3. The number of rotatable bonds is 4. The van der Waals surface area contributed by atoms with Crippen LogP contribution >= 0.6 is 0 Å². The molecule has 0 saturated carbocycles. The topological polar surface area (TPSA) is 99.3 Å². The van der Waals surface area contributed by atoms with Gasteiger partial charge in [0.2, 0.25) is 0 Å². The van der Waals surface area contributed by atoms with Crippen LogP contribution in [-0.2, 0) is 0 Å². The molecule has 8 heteroatoms. The Morgan fingerprint density at radius 3 is 2.57 bits per heavy atom. The second-order valence-electron chi connectivity index (χ2n) is 7.20. The van der Waals surface area contributed by atoms with E-state index in [1.54, 1.807) is 30.5 Å². The first-order chi connectivity index (χ1) is 14.6. The summed E-state index contributed by atoms with van der Waals surface area (Å²) in [5.74, 6) is -0.119. The summed E-state index contributed by atoms with van der Waals surface area (Å²) in [6, 6.07) is 11.6. The molecule has 0 spiro atoms. The van der Waals surface area contributed by atoms with Gasteiger partial charge in [0.15, 0.2) is 0 Å². The molecule has 1 saturated heterocycles. The molecule has 1 aromatic carbocycles. The fourth-order valence-electron chi connectivity index (χ4n) is 3.61. The molecule has 1 fully saturated rings. The van der Waals surface area contributed by atoms with Crippen molar-refractivity contribution in [1.29, 1.82) is 0 Å². The molecule has 2 aromatic heterocycles. The van der Waals surface area contributed by atoms with Crippen LogP contribution in [0, 0.1) is 0 Å². The predicted molar refractivity (Wildman–Crippen MR) is 115 cm³/mol. The van der Waals surface area contributed by atoms with Crippen molar-refractivity contribution in [2.24, 2.45) is 5.10 Å². The van der Waals surface area contributed by atoms with Gasteiger partial charge >= 0.3 is 0 Å². The third kappa shape index (κ3) is 4.03. The van der Waals surface area contributed by atoms with Crippen LogP contribution in [0.25, 0.3) is 5.65 Å². The lowest BCUT2D eigenvalue weighted by atomic mass is 10.2. The highest BCUT2D eigenvalue weighted by Gasteiger charge is 2.19. The Morgan fingerprint density at radius 1 is 1.07 bits per heavy atom. The first kappa shape index (κ1) is 19.6. The Bertz CT molecular complexity index is 1150. The summed E-state index contributed by atoms with van der Waals surface area (Å²) in [7, 11) is 0. The lowest BCUT2D eigenvalue weighted by Crippen LogP contribution is -2.31. The summed E-state index contributed by atoms with van der Waals surface area (Å²) in [5, 5.41) is 13.8. The molecule has 0 radical (unpaired) electrons. The number of fused-ring (bicyclic) bond motifs is 1. The minimum atomic E-state index is -0.561. The number of phenolic OH excluding ortho intramolecular Hbond substituents is 1. The average Bonchev–Trinajstić information content (AvgIpc) is 3.05. The maximum absolute atomic E-state index is 13.1. The third-order valence-electron chi connectivity index (χ3n) is 5.16. The number of hydrazone groups is 1. The monoisotopic (exact) mass is 405 g/mol. The van der Waals surface area contributed by atoms with Gasteiger partial charge in [0, 0.05) is 19.3 Å². The van der Waals surface area contributed by atoms with Gasteiger partial charge in [0.05, 0.1) is 11.8 Å². The minimum absolute atomic E-state index is 0.107. The van der Waals surface area contributed by atoms with Gasteiger partial charge in [-0.25, -0.2) is 10.4 Å². The van der Waals surface area contributed by atoms with Crippen molar-refractivity contribution in [3.63, 3.8) is 0 Å². The van der Waals surface area contributed by atoms with Crippen LogP contribution in [0.4, 0.5) is 5.82 Å². The summed E-state index contributed by atoms with van der Waals surface area (Å²) in [5.41, 5.74) is 3.12. The van der Waals surface area contributed by atoms with Gasteiger partial charge in [-0.1, -0.05) is 31.0 Å². The second kappa shape index (κ2) is 8.77. The Labute approximate surface area is 173 Å². The zero-order valence-electron chi connectivity index (χ0n) is 16.5. The van der Waals surface area contributed by atoms with Crippen LogP contribution < -0.4 is 15.9 Å². The molecule has 0 aliphatic carbocycles. The number of phenols is 1. The van der Waals surface area contributed by atoms with Gasteiger partial charge in [-0.15, -0.1) is 0 Å². The first-order valence-electron chi connectivity index (χ1n) is 10.0. The standard InChI is InChI=1S/C22H23N5O3/c28-18-10-4-3-9-16(18)21(29)25-23-15-17-20(26-12-6-1-2-7-13-26)24-19-11-5-8-14-27(19)22(17)30/h3-5,8-11,14-15,28H,1-2,6-7,12-13H2,(H,25,29). The summed E-state index contributed by atoms with van der Waals surface area (Å²) in [6.07, 6.45) is 7.39. The Morgan fingerprint density at radius 2 is 1.80 bits per heavy atom. The molecule has 1 amide bonds. The molecule has 30 heavy (non-hydrogen) atoms. The largest absolute Gasteiger partial charge is 0.507 e. The van der Waals surface area contributed by atoms with Gasteiger partial charge in [-0.05, 0) is 37.1 Å². The van der Waals surface area contributed by atoms with Gasteiger partial charge < -0.3 is 10.0 Å². The van der Waals surface area contributed by atoms with Crippen LogP contribution in [0.2, 0.25) is 0 Å². The van der Waals surface area contributed by atoms with Gasteiger partial charge in [-0.2, -0.15) is 5.10 Å². The highest BCUT2D eigenvalue weighted by Crippen LogP contribution is 2.20. The number of pyridine rings is 1. The molecule has 2 N–H and O–H groups in total. The number of carbonyl (C=O) groups is 1. The number of benzene rings is 1. The number of para-hydroxylation sites is 1. The number of nitrogens with one attached hydrogen (secondary N) is 1. The number of hydrogen-bond donors (Lipinski definition) is 2. The van der Waals surface area contributed by atoms with Crippen molar-refractivity contribution >= 4 is 23.6 Å². The number of hydrogen-bond acceptors (Lipinski definition) is 6. The van der Waals surface area contributed by atoms with E-state index in [1.165, 1.54) is 22.7 Å². The molecule has 3 heterocycles. The smallest absolute Gasteiger partial charge is 0.275 e. The third-order valence-corrected chi connectivity index (χ3v) is 5.16. The fourth-order valence-corrected chi connectivity index (χ4v) is 3.61. The Balaban J connectivity index is 1.69. The van der Waals surface area contributed by atoms with Crippen molar-refractivity contribution < 1.29 is 9.90 Å². The van der Waals surface area contributed by atoms with E-state index in [9.17, 15) is 14.7 Å².